The highest BCUT2D eigenvalue weighted by Gasteiger charge is 2.47. The van der Waals surface area contributed by atoms with Crippen molar-refractivity contribution in [3.63, 3.8) is 0 Å². The van der Waals surface area contributed by atoms with E-state index >= 15 is 0 Å². The lowest BCUT2D eigenvalue weighted by molar-refractivity contribution is 0.0220. The second-order valence-electron chi connectivity index (χ2n) is 10.1. The van der Waals surface area contributed by atoms with Crippen LogP contribution in [0.15, 0.2) is 24.3 Å². The minimum Gasteiger partial charge on any atom is -0.444 e. The van der Waals surface area contributed by atoms with Crippen molar-refractivity contribution in [1.82, 2.24) is 10.2 Å². The van der Waals surface area contributed by atoms with Crippen LogP contribution in [0.25, 0.3) is 0 Å². The zero-order valence-electron chi connectivity index (χ0n) is 17.9. The molecule has 4 rings (SSSR count). The Hall–Kier alpha value is -2.04. The molecule has 0 heterocycles. The fourth-order valence-corrected chi connectivity index (χ4v) is 4.38. The average molecular weight is 399 g/mol. The molecule has 2 amide bonds. The second kappa shape index (κ2) is 8.00. The number of nitrogens with zero attached hydrogens (tertiary/aromatic N) is 1. The lowest BCUT2D eigenvalue weighted by Crippen LogP contribution is -2.40. The molecule has 3 aliphatic rings. The van der Waals surface area contributed by atoms with Crippen LogP contribution >= 0.6 is 0 Å². The lowest BCUT2D eigenvalue weighted by Gasteiger charge is -2.28. The van der Waals surface area contributed by atoms with Gasteiger partial charge in [-0.1, -0.05) is 25.0 Å². The molecule has 0 aliphatic heterocycles. The zero-order chi connectivity index (χ0) is 20.6. The van der Waals surface area contributed by atoms with Crippen molar-refractivity contribution in [2.45, 2.75) is 89.3 Å². The van der Waals surface area contributed by atoms with Gasteiger partial charge in [-0.3, -0.25) is 4.79 Å². The topological polar surface area (TPSA) is 58.6 Å². The molecule has 1 aromatic rings. The van der Waals surface area contributed by atoms with Gasteiger partial charge in [0.25, 0.3) is 5.91 Å². The molecule has 1 aromatic carbocycles. The highest BCUT2D eigenvalue weighted by atomic mass is 16.6. The summed E-state index contributed by atoms with van der Waals surface area (Å²) < 4.78 is 5.67. The largest absolute Gasteiger partial charge is 0.444 e. The Morgan fingerprint density at radius 3 is 2.52 bits per heavy atom. The van der Waals surface area contributed by atoms with E-state index in [1.165, 1.54) is 25.7 Å². The van der Waals surface area contributed by atoms with Gasteiger partial charge in [-0.05, 0) is 76.5 Å². The number of hydrogen-bond donors (Lipinski definition) is 1. The number of carbonyl (C=O) groups is 2. The third-order valence-corrected chi connectivity index (χ3v) is 6.20. The standard InChI is InChI=1S/C24H34N2O3/c1-24(2,3)29-23(28)26(15-16-11-12-16)21-14-20(21)17-7-6-8-18(13-17)22(27)25-19-9-4-5-10-19/h6-8,13,16,19-21H,4-5,9-12,14-15H2,1-3H3,(H,25,27)/t20-,21+/m0/s1. The smallest absolute Gasteiger partial charge is 0.410 e. The van der Waals surface area contributed by atoms with Gasteiger partial charge in [-0.25, -0.2) is 4.79 Å². The maximum Gasteiger partial charge on any atom is 0.410 e. The van der Waals surface area contributed by atoms with Gasteiger partial charge >= 0.3 is 6.09 Å². The van der Waals surface area contributed by atoms with Crippen LogP contribution in [-0.2, 0) is 4.74 Å². The first-order valence-corrected chi connectivity index (χ1v) is 11.2. The number of nitrogens with one attached hydrogen (secondary N) is 1. The molecular weight excluding hydrogens is 364 g/mol. The predicted octanol–water partition coefficient (Wildman–Crippen LogP) is 4.86. The summed E-state index contributed by atoms with van der Waals surface area (Å²) in [5.74, 6) is 0.936. The second-order valence-corrected chi connectivity index (χ2v) is 10.1. The van der Waals surface area contributed by atoms with Crippen LogP contribution in [0.4, 0.5) is 4.79 Å². The van der Waals surface area contributed by atoms with E-state index in [1.54, 1.807) is 0 Å². The Kier molecular flexibility index (Phi) is 5.58. The molecule has 5 nitrogen and oxygen atoms in total. The fraction of sp³-hybridized carbons (Fsp3) is 0.667. The predicted molar refractivity (Wildman–Crippen MR) is 113 cm³/mol. The Morgan fingerprint density at radius 1 is 1.14 bits per heavy atom. The van der Waals surface area contributed by atoms with Crippen LogP contribution in [0, 0.1) is 5.92 Å². The highest BCUT2D eigenvalue weighted by molar-refractivity contribution is 5.94. The summed E-state index contributed by atoms with van der Waals surface area (Å²) in [6.45, 7) is 6.53. The SMILES string of the molecule is CC(C)(C)OC(=O)N(CC1CC1)[C@@H]1C[C@H]1c1cccc(C(=O)NC2CCCC2)c1. The van der Waals surface area contributed by atoms with Crippen molar-refractivity contribution in [3.05, 3.63) is 35.4 Å². The van der Waals surface area contributed by atoms with E-state index in [-0.39, 0.29) is 18.0 Å². The summed E-state index contributed by atoms with van der Waals surface area (Å²) in [6.07, 6.45) is 7.73. The fourth-order valence-electron chi connectivity index (χ4n) is 4.38. The summed E-state index contributed by atoms with van der Waals surface area (Å²) >= 11 is 0. The van der Waals surface area contributed by atoms with E-state index in [4.69, 9.17) is 4.74 Å². The number of amides is 2. The van der Waals surface area contributed by atoms with Gasteiger partial charge in [0.15, 0.2) is 0 Å². The van der Waals surface area contributed by atoms with Crippen molar-refractivity contribution in [2.24, 2.45) is 5.92 Å². The molecule has 0 aromatic heterocycles. The summed E-state index contributed by atoms with van der Waals surface area (Å²) in [5.41, 5.74) is 1.39. The highest BCUT2D eigenvalue weighted by Crippen LogP contribution is 2.46. The van der Waals surface area contributed by atoms with Crippen molar-refractivity contribution in [3.8, 4) is 0 Å². The first-order valence-electron chi connectivity index (χ1n) is 11.2. The van der Waals surface area contributed by atoms with Crippen molar-refractivity contribution >= 4 is 12.0 Å². The molecule has 1 N–H and O–H groups in total. The van der Waals surface area contributed by atoms with Gasteiger partial charge in [0, 0.05) is 30.1 Å². The lowest BCUT2D eigenvalue weighted by atomic mass is 10.1. The number of ether oxygens (including phenoxy) is 1. The van der Waals surface area contributed by atoms with Gasteiger partial charge in [0.1, 0.15) is 5.60 Å². The normalized spacial score (nSPS) is 24.2. The third kappa shape index (κ3) is 5.31. The molecule has 0 bridgehead atoms. The molecule has 0 spiro atoms. The van der Waals surface area contributed by atoms with E-state index in [1.807, 2.05) is 43.9 Å². The van der Waals surface area contributed by atoms with Crippen molar-refractivity contribution in [1.29, 1.82) is 0 Å². The van der Waals surface area contributed by atoms with Crippen LogP contribution in [0.1, 0.15) is 87.6 Å². The molecule has 0 unspecified atom stereocenters. The van der Waals surface area contributed by atoms with Crippen LogP contribution < -0.4 is 5.32 Å². The summed E-state index contributed by atoms with van der Waals surface area (Å²) in [6, 6.07) is 8.45. The van der Waals surface area contributed by atoms with Crippen LogP contribution in [0.3, 0.4) is 0 Å². The molecule has 158 valence electrons. The summed E-state index contributed by atoms with van der Waals surface area (Å²) in [5, 5.41) is 3.17. The maximum absolute atomic E-state index is 12.8. The minimum atomic E-state index is -0.485. The van der Waals surface area contributed by atoms with Crippen LogP contribution in [0.2, 0.25) is 0 Å². The van der Waals surface area contributed by atoms with Gasteiger partial charge in [-0.15, -0.1) is 0 Å². The quantitative estimate of drug-likeness (QED) is 0.744. The molecule has 2 atom stereocenters. The number of hydrogen-bond acceptors (Lipinski definition) is 3. The Balaban J connectivity index is 1.42. The monoisotopic (exact) mass is 398 g/mol. The first kappa shape index (κ1) is 20.2. The van der Waals surface area contributed by atoms with E-state index in [9.17, 15) is 9.59 Å². The van der Waals surface area contributed by atoms with Gasteiger partial charge in [-0.2, -0.15) is 0 Å². The Bertz CT molecular complexity index is 760. The summed E-state index contributed by atoms with van der Waals surface area (Å²) in [7, 11) is 0. The van der Waals surface area contributed by atoms with E-state index in [0.29, 0.717) is 17.9 Å². The molecule has 29 heavy (non-hydrogen) atoms. The van der Waals surface area contributed by atoms with Crippen LogP contribution in [0.5, 0.6) is 0 Å². The van der Waals surface area contributed by atoms with Gasteiger partial charge < -0.3 is 15.0 Å². The van der Waals surface area contributed by atoms with Crippen LogP contribution in [-0.4, -0.2) is 41.1 Å². The van der Waals surface area contributed by atoms with E-state index < -0.39 is 5.60 Å². The molecular formula is C24H34N2O3. The first-order chi connectivity index (χ1) is 13.8. The number of rotatable bonds is 6. The molecule has 0 saturated heterocycles. The van der Waals surface area contributed by atoms with Gasteiger partial charge in [0.05, 0.1) is 0 Å². The molecule has 0 radical (unpaired) electrons. The molecule has 3 aliphatic carbocycles. The maximum atomic E-state index is 12.8. The third-order valence-electron chi connectivity index (χ3n) is 6.20. The Labute approximate surface area is 174 Å². The molecule has 3 fully saturated rings. The molecule has 5 heteroatoms. The number of benzene rings is 1. The average Bonchev–Trinajstić information content (AvgIpc) is 3.57. The number of carbonyl (C=O) groups excluding carboxylic acids is 2. The zero-order valence-corrected chi connectivity index (χ0v) is 17.9. The van der Waals surface area contributed by atoms with Crippen molar-refractivity contribution in [2.75, 3.05) is 6.54 Å². The van der Waals surface area contributed by atoms with Crippen molar-refractivity contribution < 1.29 is 14.3 Å². The minimum absolute atomic E-state index is 0.0259. The van der Waals surface area contributed by atoms with Gasteiger partial charge in [0.2, 0.25) is 0 Å². The Morgan fingerprint density at radius 2 is 1.86 bits per heavy atom. The molecule has 3 saturated carbocycles. The summed E-state index contributed by atoms with van der Waals surface area (Å²) in [4.78, 5) is 27.4. The van der Waals surface area contributed by atoms with E-state index in [2.05, 4.69) is 11.4 Å². The van der Waals surface area contributed by atoms with E-state index in [0.717, 1.165) is 36.9 Å².